The number of amides is 1. The maximum Gasteiger partial charge on any atom is 0.248 e. The molecular formula is C23H20ClN3O2. The third kappa shape index (κ3) is 3.96. The van der Waals surface area contributed by atoms with E-state index in [1.54, 1.807) is 53.5 Å². The van der Waals surface area contributed by atoms with Gasteiger partial charge in [0.25, 0.3) is 0 Å². The molecule has 1 atom stereocenters. The molecule has 5 nitrogen and oxygen atoms in total. The summed E-state index contributed by atoms with van der Waals surface area (Å²) in [6, 6.07) is 22.0. The molecule has 0 bridgehead atoms. The fraction of sp³-hybridized carbons (Fsp3) is 0.130. The lowest BCUT2D eigenvalue weighted by Gasteiger charge is -2.28. The second kappa shape index (κ2) is 7.97. The molecule has 1 N–H and O–H groups in total. The number of anilines is 1. The van der Waals surface area contributed by atoms with Gasteiger partial charge in [-0.2, -0.15) is 5.10 Å². The molecule has 1 unspecified atom stereocenters. The summed E-state index contributed by atoms with van der Waals surface area (Å²) in [6.07, 6.45) is 1.69. The first-order chi connectivity index (χ1) is 14.0. The molecule has 0 radical (unpaired) electrons. The second-order valence-electron chi connectivity index (χ2n) is 6.90. The summed E-state index contributed by atoms with van der Waals surface area (Å²) in [7, 11) is 1.77. The van der Waals surface area contributed by atoms with E-state index >= 15 is 0 Å². The lowest BCUT2D eigenvalue weighted by molar-refractivity contribution is -0.119. The Labute approximate surface area is 174 Å². The van der Waals surface area contributed by atoms with Crippen molar-refractivity contribution < 1.29 is 9.90 Å². The smallest absolute Gasteiger partial charge is 0.248 e. The SMILES string of the molecule is CN1C(=O)CN(/N=C/c2ccc(O)cc2)C(c2ccccc2)c2cc(Cl)ccc21. The highest BCUT2D eigenvalue weighted by Crippen LogP contribution is 2.39. The summed E-state index contributed by atoms with van der Waals surface area (Å²) in [6.45, 7) is 0.122. The zero-order valence-electron chi connectivity index (χ0n) is 15.9. The normalized spacial score (nSPS) is 16.8. The van der Waals surface area contributed by atoms with Crippen molar-refractivity contribution in [2.75, 3.05) is 18.5 Å². The predicted molar refractivity (Wildman–Crippen MR) is 116 cm³/mol. The molecule has 4 rings (SSSR count). The summed E-state index contributed by atoms with van der Waals surface area (Å²) >= 11 is 6.32. The zero-order valence-corrected chi connectivity index (χ0v) is 16.6. The Morgan fingerprint density at radius 1 is 1.07 bits per heavy atom. The van der Waals surface area contributed by atoms with Crippen LogP contribution in [-0.2, 0) is 4.79 Å². The van der Waals surface area contributed by atoms with Crippen LogP contribution in [0.25, 0.3) is 0 Å². The number of rotatable bonds is 3. The molecule has 146 valence electrons. The Bertz CT molecular complexity index is 1050. The van der Waals surface area contributed by atoms with Crippen molar-refractivity contribution in [2.45, 2.75) is 6.04 Å². The van der Waals surface area contributed by atoms with E-state index in [1.165, 1.54) is 0 Å². The third-order valence-corrected chi connectivity index (χ3v) is 5.21. The Hall–Kier alpha value is -3.31. The quantitative estimate of drug-likeness (QED) is 0.655. The number of carbonyl (C=O) groups is 1. The molecule has 1 amide bonds. The molecule has 0 aliphatic carbocycles. The van der Waals surface area contributed by atoms with Crippen molar-refractivity contribution in [3.05, 3.63) is 94.5 Å². The third-order valence-electron chi connectivity index (χ3n) is 4.98. The van der Waals surface area contributed by atoms with Crippen LogP contribution in [0.4, 0.5) is 5.69 Å². The van der Waals surface area contributed by atoms with E-state index < -0.39 is 0 Å². The fourth-order valence-electron chi connectivity index (χ4n) is 3.48. The van der Waals surface area contributed by atoms with E-state index in [-0.39, 0.29) is 24.2 Å². The molecule has 3 aromatic rings. The molecule has 6 heteroatoms. The average Bonchev–Trinajstić information content (AvgIpc) is 2.83. The van der Waals surface area contributed by atoms with Crippen LogP contribution in [0.2, 0.25) is 5.02 Å². The lowest BCUT2D eigenvalue weighted by Crippen LogP contribution is -2.34. The van der Waals surface area contributed by atoms with Crippen LogP contribution in [0.5, 0.6) is 5.75 Å². The minimum Gasteiger partial charge on any atom is -0.508 e. The average molecular weight is 406 g/mol. The molecule has 3 aromatic carbocycles. The van der Waals surface area contributed by atoms with E-state index in [1.807, 2.05) is 42.5 Å². The van der Waals surface area contributed by atoms with Gasteiger partial charge in [-0.25, -0.2) is 0 Å². The number of phenolic OH excluding ortho intramolecular Hbond substituents is 1. The molecule has 1 aliphatic rings. The molecule has 0 spiro atoms. The number of hydrogen-bond acceptors (Lipinski definition) is 4. The molecule has 1 aliphatic heterocycles. The van der Waals surface area contributed by atoms with Gasteiger partial charge in [0.1, 0.15) is 12.3 Å². The number of likely N-dealkylation sites (N-methyl/N-ethyl adjacent to an activating group) is 1. The summed E-state index contributed by atoms with van der Waals surface area (Å²) in [5.41, 5.74) is 3.57. The van der Waals surface area contributed by atoms with Crippen LogP contribution in [0.15, 0.2) is 77.9 Å². The van der Waals surface area contributed by atoms with Crippen LogP contribution in [0.3, 0.4) is 0 Å². The number of benzene rings is 3. The molecule has 1 heterocycles. The number of nitrogens with zero attached hydrogens (tertiary/aromatic N) is 3. The monoisotopic (exact) mass is 405 g/mol. The van der Waals surface area contributed by atoms with Gasteiger partial charge in [0, 0.05) is 23.3 Å². The van der Waals surface area contributed by atoms with Crippen LogP contribution >= 0.6 is 11.6 Å². The van der Waals surface area contributed by atoms with Crippen LogP contribution < -0.4 is 4.90 Å². The number of fused-ring (bicyclic) bond motifs is 1. The molecule has 0 saturated carbocycles. The fourth-order valence-corrected chi connectivity index (χ4v) is 3.66. The molecule has 29 heavy (non-hydrogen) atoms. The first-order valence-electron chi connectivity index (χ1n) is 9.23. The minimum atomic E-state index is -0.271. The molecular weight excluding hydrogens is 386 g/mol. The van der Waals surface area contributed by atoms with Crippen LogP contribution in [0, 0.1) is 0 Å². The Balaban J connectivity index is 1.83. The Morgan fingerprint density at radius 3 is 2.52 bits per heavy atom. The van der Waals surface area contributed by atoms with E-state index in [9.17, 15) is 9.90 Å². The summed E-state index contributed by atoms with van der Waals surface area (Å²) in [5.74, 6) is 0.134. The molecule has 0 aromatic heterocycles. The highest BCUT2D eigenvalue weighted by Gasteiger charge is 2.32. The predicted octanol–water partition coefficient (Wildman–Crippen LogP) is 4.45. The van der Waals surface area contributed by atoms with Crippen LogP contribution in [-0.4, -0.2) is 35.8 Å². The standard InChI is InChI=1S/C23H20ClN3O2/c1-26-21-12-9-18(24)13-20(21)23(17-5-3-2-4-6-17)27(15-22(26)29)25-14-16-7-10-19(28)11-8-16/h2-14,23,28H,15H2,1H3/b25-14+. The number of halogens is 1. The molecule has 0 saturated heterocycles. The number of hydrazone groups is 1. The van der Waals surface area contributed by atoms with Gasteiger partial charge in [-0.3, -0.25) is 9.80 Å². The summed E-state index contributed by atoms with van der Waals surface area (Å²) < 4.78 is 0. The Morgan fingerprint density at radius 2 is 1.79 bits per heavy atom. The number of phenols is 1. The maximum absolute atomic E-state index is 12.8. The van der Waals surface area contributed by atoms with E-state index in [2.05, 4.69) is 5.10 Å². The van der Waals surface area contributed by atoms with E-state index in [4.69, 9.17) is 11.6 Å². The maximum atomic E-state index is 12.8. The van der Waals surface area contributed by atoms with Gasteiger partial charge in [0.05, 0.1) is 12.3 Å². The van der Waals surface area contributed by atoms with Crippen molar-refractivity contribution >= 4 is 29.4 Å². The van der Waals surface area contributed by atoms with Gasteiger partial charge in [-0.15, -0.1) is 0 Å². The van der Waals surface area contributed by atoms with Crippen molar-refractivity contribution in [2.24, 2.45) is 5.10 Å². The van der Waals surface area contributed by atoms with Gasteiger partial charge in [-0.1, -0.05) is 41.9 Å². The lowest BCUT2D eigenvalue weighted by atomic mass is 9.97. The topological polar surface area (TPSA) is 56.1 Å². The minimum absolute atomic E-state index is 0.0603. The zero-order chi connectivity index (χ0) is 20.4. The second-order valence-corrected chi connectivity index (χ2v) is 7.34. The van der Waals surface area contributed by atoms with Crippen molar-refractivity contribution in [3.8, 4) is 5.75 Å². The number of carbonyl (C=O) groups excluding carboxylic acids is 1. The van der Waals surface area contributed by atoms with Crippen molar-refractivity contribution in [1.29, 1.82) is 0 Å². The van der Waals surface area contributed by atoms with Gasteiger partial charge >= 0.3 is 0 Å². The molecule has 0 fully saturated rings. The Kier molecular flexibility index (Phi) is 5.23. The van der Waals surface area contributed by atoms with Gasteiger partial charge < -0.3 is 10.0 Å². The first-order valence-corrected chi connectivity index (χ1v) is 9.61. The van der Waals surface area contributed by atoms with Gasteiger partial charge in [-0.05, 0) is 53.6 Å². The first kappa shape index (κ1) is 19.0. The van der Waals surface area contributed by atoms with Gasteiger partial charge in [0.15, 0.2) is 0 Å². The number of aromatic hydroxyl groups is 1. The van der Waals surface area contributed by atoms with E-state index in [0.717, 1.165) is 22.4 Å². The largest absolute Gasteiger partial charge is 0.508 e. The number of hydrogen-bond donors (Lipinski definition) is 1. The summed E-state index contributed by atoms with van der Waals surface area (Å²) in [5, 5.41) is 16.5. The van der Waals surface area contributed by atoms with Crippen molar-refractivity contribution in [3.63, 3.8) is 0 Å². The highest BCUT2D eigenvalue weighted by atomic mass is 35.5. The van der Waals surface area contributed by atoms with Crippen LogP contribution in [0.1, 0.15) is 22.7 Å². The van der Waals surface area contributed by atoms with E-state index in [0.29, 0.717) is 5.02 Å². The van der Waals surface area contributed by atoms with Crippen molar-refractivity contribution in [1.82, 2.24) is 5.01 Å². The summed E-state index contributed by atoms with van der Waals surface area (Å²) in [4.78, 5) is 14.5. The highest BCUT2D eigenvalue weighted by molar-refractivity contribution is 6.30. The van der Waals surface area contributed by atoms with Gasteiger partial charge in [0.2, 0.25) is 5.91 Å².